The maximum Gasteiger partial charge on any atom is 0.158 e. The molecule has 0 aliphatic carbocycles. The zero-order chi connectivity index (χ0) is 14.8. The first-order chi connectivity index (χ1) is 10.2. The maximum atomic E-state index is 5.18. The standard InChI is InChI=1S/C15H25N5O/c1-16-13-8-15(18-14(17-13)10-21-3)20-7-6-11-4-5-12(9-20)19(11)2/h8,11-12H,4-7,9-10H2,1-3H3,(H,16,17,18). The van der Waals surface area contributed by atoms with Gasteiger partial charge >= 0.3 is 0 Å². The molecule has 6 heteroatoms. The number of nitrogens with zero attached hydrogens (tertiary/aromatic N) is 4. The Hall–Kier alpha value is -1.40. The lowest BCUT2D eigenvalue weighted by Gasteiger charge is -2.27. The summed E-state index contributed by atoms with van der Waals surface area (Å²) in [4.78, 5) is 14.1. The van der Waals surface area contributed by atoms with Crippen LogP contribution in [-0.2, 0) is 11.3 Å². The Bertz CT molecular complexity index is 495. The van der Waals surface area contributed by atoms with E-state index >= 15 is 0 Å². The summed E-state index contributed by atoms with van der Waals surface area (Å²) in [5.74, 6) is 2.61. The molecular formula is C15H25N5O. The SMILES string of the molecule is CNc1cc(N2CCC3CCC(C2)N3C)nc(COC)n1. The van der Waals surface area contributed by atoms with Crippen LogP contribution in [0.2, 0.25) is 0 Å². The minimum absolute atomic E-state index is 0.447. The predicted molar refractivity (Wildman–Crippen MR) is 83.7 cm³/mol. The van der Waals surface area contributed by atoms with Gasteiger partial charge in [0.2, 0.25) is 0 Å². The van der Waals surface area contributed by atoms with E-state index < -0.39 is 0 Å². The van der Waals surface area contributed by atoms with Crippen LogP contribution in [0.15, 0.2) is 6.07 Å². The van der Waals surface area contributed by atoms with Gasteiger partial charge in [-0.3, -0.25) is 4.90 Å². The van der Waals surface area contributed by atoms with Gasteiger partial charge in [-0.05, 0) is 26.3 Å². The van der Waals surface area contributed by atoms with Crippen LogP contribution in [0.5, 0.6) is 0 Å². The van der Waals surface area contributed by atoms with E-state index in [9.17, 15) is 0 Å². The number of rotatable bonds is 4. The average molecular weight is 291 g/mol. The number of likely N-dealkylation sites (N-methyl/N-ethyl adjacent to an activating group) is 1. The molecule has 2 aliphatic rings. The summed E-state index contributed by atoms with van der Waals surface area (Å²) in [5.41, 5.74) is 0. The van der Waals surface area contributed by atoms with Crippen LogP contribution < -0.4 is 10.2 Å². The van der Waals surface area contributed by atoms with Crippen molar-refractivity contribution in [2.45, 2.75) is 38.0 Å². The summed E-state index contributed by atoms with van der Waals surface area (Å²) in [5, 5.41) is 3.12. The summed E-state index contributed by atoms with van der Waals surface area (Å²) in [6, 6.07) is 3.43. The molecule has 2 fully saturated rings. The molecule has 1 aromatic rings. The topological polar surface area (TPSA) is 53.5 Å². The zero-order valence-corrected chi connectivity index (χ0v) is 13.2. The molecule has 2 aliphatic heterocycles. The maximum absolute atomic E-state index is 5.18. The molecule has 21 heavy (non-hydrogen) atoms. The minimum atomic E-state index is 0.447. The van der Waals surface area contributed by atoms with E-state index in [1.54, 1.807) is 7.11 Å². The van der Waals surface area contributed by atoms with Crippen molar-refractivity contribution in [2.24, 2.45) is 0 Å². The number of fused-ring (bicyclic) bond motifs is 2. The molecule has 3 rings (SSSR count). The number of nitrogens with one attached hydrogen (secondary N) is 1. The third-order valence-electron chi connectivity index (χ3n) is 4.76. The second-order valence-corrected chi connectivity index (χ2v) is 6.00. The monoisotopic (exact) mass is 291 g/mol. The van der Waals surface area contributed by atoms with Crippen LogP contribution in [0, 0.1) is 0 Å². The van der Waals surface area contributed by atoms with E-state index in [1.165, 1.54) is 19.3 Å². The molecule has 116 valence electrons. The number of anilines is 2. The Morgan fingerprint density at radius 1 is 1.29 bits per heavy atom. The molecule has 2 atom stereocenters. The van der Waals surface area contributed by atoms with Crippen LogP contribution in [-0.4, -0.2) is 61.2 Å². The van der Waals surface area contributed by atoms with Crippen molar-refractivity contribution in [1.82, 2.24) is 14.9 Å². The molecule has 0 amide bonds. The molecular weight excluding hydrogens is 266 g/mol. The molecule has 1 N–H and O–H groups in total. The van der Waals surface area contributed by atoms with Gasteiger partial charge in [0, 0.05) is 45.4 Å². The Morgan fingerprint density at radius 3 is 2.86 bits per heavy atom. The van der Waals surface area contributed by atoms with Crippen molar-refractivity contribution in [3.05, 3.63) is 11.9 Å². The number of hydrogen-bond donors (Lipinski definition) is 1. The first-order valence-corrected chi connectivity index (χ1v) is 7.72. The van der Waals surface area contributed by atoms with Crippen LogP contribution in [0.4, 0.5) is 11.6 Å². The van der Waals surface area contributed by atoms with Gasteiger partial charge in [-0.1, -0.05) is 0 Å². The highest BCUT2D eigenvalue weighted by Gasteiger charge is 2.35. The van der Waals surface area contributed by atoms with Gasteiger partial charge in [-0.15, -0.1) is 0 Å². The second-order valence-electron chi connectivity index (χ2n) is 6.00. The van der Waals surface area contributed by atoms with Crippen molar-refractivity contribution in [3.63, 3.8) is 0 Å². The van der Waals surface area contributed by atoms with E-state index in [2.05, 4.69) is 32.1 Å². The van der Waals surface area contributed by atoms with Gasteiger partial charge in [0.25, 0.3) is 0 Å². The third-order valence-corrected chi connectivity index (χ3v) is 4.76. The number of ether oxygens (including phenoxy) is 1. The summed E-state index contributed by atoms with van der Waals surface area (Å²) in [7, 11) is 5.83. The third kappa shape index (κ3) is 2.96. The number of hydrogen-bond acceptors (Lipinski definition) is 6. The summed E-state index contributed by atoms with van der Waals surface area (Å²) in [6.07, 6.45) is 3.85. The normalized spacial score (nSPS) is 26.0. The van der Waals surface area contributed by atoms with Gasteiger partial charge in [-0.2, -0.15) is 0 Å². The fourth-order valence-electron chi connectivity index (χ4n) is 3.48. The van der Waals surface area contributed by atoms with Gasteiger partial charge < -0.3 is 15.0 Å². The molecule has 2 bridgehead atoms. The first kappa shape index (κ1) is 14.5. The highest BCUT2D eigenvalue weighted by molar-refractivity contribution is 5.49. The van der Waals surface area contributed by atoms with Crippen LogP contribution in [0.3, 0.4) is 0 Å². The molecule has 0 saturated carbocycles. The van der Waals surface area contributed by atoms with Crippen LogP contribution >= 0.6 is 0 Å². The Balaban J connectivity index is 1.83. The van der Waals surface area contributed by atoms with Crippen molar-refractivity contribution in [1.29, 1.82) is 0 Å². The molecule has 0 aromatic carbocycles. The van der Waals surface area contributed by atoms with E-state index in [1.807, 2.05) is 13.1 Å². The number of aromatic nitrogens is 2. The lowest BCUT2D eigenvalue weighted by Crippen LogP contribution is -2.37. The van der Waals surface area contributed by atoms with Gasteiger partial charge in [0.15, 0.2) is 5.82 Å². The second kappa shape index (κ2) is 6.15. The molecule has 2 unspecified atom stereocenters. The molecule has 6 nitrogen and oxygen atoms in total. The van der Waals surface area contributed by atoms with Gasteiger partial charge in [-0.25, -0.2) is 9.97 Å². The largest absolute Gasteiger partial charge is 0.377 e. The fourth-order valence-corrected chi connectivity index (χ4v) is 3.48. The smallest absolute Gasteiger partial charge is 0.158 e. The van der Waals surface area contributed by atoms with Crippen molar-refractivity contribution >= 4 is 11.6 Å². The fraction of sp³-hybridized carbons (Fsp3) is 0.733. The van der Waals surface area contributed by atoms with E-state index in [0.29, 0.717) is 12.6 Å². The summed E-state index contributed by atoms with van der Waals surface area (Å²) in [6.45, 7) is 2.57. The van der Waals surface area contributed by atoms with E-state index in [-0.39, 0.29) is 0 Å². The van der Waals surface area contributed by atoms with E-state index in [0.717, 1.165) is 36.6 Å². The first-order valence-electron chi connectivity index (χ1n) is 7.72. The van der Waals surface area contributed by atoms with E-state index in [4.69, 9.17) is 4.74 Å². The van der Waals surface area contributed by atoms with Crippen LogP contribution in [0.1, 0.15) is 25.1 Å². The summed E-state index contributed by atoms with van der Waals surface area (Å²) < 4.78 is 5.18. The van der Waals surface area contributed by atoms with Gasteiger partial charge in [0.1, 0.15) is 18.2 Å². The Morgan fingerprint density at radius 2 is 2.10 bits per heavy atom. The lowest BCUT2D eigenvalue weighted by molar-refractivity contribution is 0.178. The quantitative estimate of drug-likeness (QED) is 0.903. The Labute approximate surface area is 126 Å². The average Bonchev–Trinajstić information content (AvgIpc) is 2.72. The molecule has 2 saturated heterocycles. The van der Waals surface area contributed by atoms with Gasteiger partial charge in [0.05, 0.1) is 0 Å². The highest BCUT2D eigenvalue weighted by Crippen LogP contribution is 2.30. The zero-order valence-electron chi connectivity index (χ0n) is 13.2. The molecule has 0 spiro atoms. The predicted octanol–water partition coefficient (Wildman–Crippen LogP) is 1.34. The summed E-state index contributed by atoms with van der Waals surface area (Å²) >= 11 is 0. The highest BCUT2D eigenvalue weighted by atomic mass is 16.5. The molecule has 0 radical (unpaired) electrons. The van der Waals surface area contributed by atoms with Crippen molar-refractivity contribution in [3.8, 4) is 0 Å². The lowest BCUT2D eigenvalue weighted by atomic mass is 10.1. The van der Waals surface area contributed by atoms with Crippen molar-refractivity contribution in [2.75, 3.05) is 44.5 Å². The van der Waals surface area contributed by atoms with Crippen molar-refractivity contribution < 1.29 is 4.74 Å². The molecule has 1 aromatic heterocycles. The minimum Gasteiger partial charge on any atom is -0.377 e. The molecule has 3 heterocycles. The number of methoxy groups -OCH3 is 1. The Kier molecular flexibility index (Phi) is 4.26. The van der Waals surface area contributed by atoms with Crippen LogP contribution in [0.25, 0.3) is 0 Å².